The van der Waals surface area contributed by atoms with Crippen LogP contribution in [0.15, 0.2) is 48.5 Å². The molecule has 1 heterocycles. The lowest BCUT2D eigenvalue weighted by molar-refractivity contribution is -0.133. The molecular weight excluding hydrogens is 507 g/mol. The molecule has 3 atom stereocenters. The maximum Gasteiger partial charge on any atom is 0.251 e. The molecule has 0 unspecified atom stereocenters. The fraction of sp³-hybridized carbons (Fsp3) is 0.517. The van der Waals surface area contributed by atoms with Crippen LogP contribution in [-0.2, 0) is 4.79 Å². The molecule has 1 aliphatic heterocycles. The minimum Gasteiger partial charge on any atom is -0.350 e. The Bertz CT molecular complexity index is 1020. The zero-order chi connectivity index (χ0) is 26.8. The number of nitrogens with one attached hydrogen (secondary N) is 2. The van der Waals surface area contributed by atoms with Gasteiger partial charge in [-0.15, -0.1) is 0 Å². The largest absolute Gasteiger partial charge is 0.350 e. The highest BCUT2D eigenvalue weighted by Gasteiger charge is 2.32. The van der Waals surface area contributed by atoms with Crippen molar-refractivity contribution in [3.8, 4) is 0 Å². The summed E-state index contributed by atoms with van der Waals surface area (Å²) < 4.78 is 0. The summed E-state index contributed by atoms with van der Waals surface area (Å²) in [4.78, 5) is 30.8. The van der Waals surface area contributed by atoms with Crippen molar-refractivity contribution in [2.24, 2.45) is 0 Å². The minimum atomic E-state index is -0.289. The lowest BCUT2D eigenvalue weighted by Gasteiger charge is -2.29. The second-order valence-corrected chi connectivity index (χ2v) is 10.5. The van der Waals surface area contributed by atoms with Gasteiger partial charge in [-0.25, -0.2) is 0 Å². The number of carbonyl (C=O) groups excluding carboxylic acids is 2. The van der Waals surface area contributed by atoms with Gasteiger partial charge in [0.1, 0.15) is 0 Å². The van der Waals surface area contributed by atoms with E-state index in [1.54, 1.807) is 18.2 Å². The molecule has 2 aromatic rings. The van der Waals surface area contributed by atoms with Gasteiger partial charge in [-0.3, -0.25) is 9.59 Å². The van der Waals surface area contributed by atoms with E-state index in [1.807, 2.05) is 11.0 Å². The van der Waals surface area contributed by atoms with Crippen molar-refractivity contribution in [1.82, 2.24) is 20.4 Å². The molecule has 2 aromatic carbocycles. The highest BCUT2D eigenvalue weighted by Crippen LogP contribution is 2.24. The van der Waals surface area contributed by atoms with E-state index < -0.39 is 0 Å². The van der Waals surface area contributed by atoms with Gasteiger partial charge in [0, 0.05) is 43.7 Å². The van der Waals surface area contributed by atoms with E-state index in [4.69, 9.17) is 23.2 Å². The van der Waals surface area contributed by atoms with Gasteiger partial charge >= 0.3 is 0 Å². The third-order valence-electron chi connectivity index (χ3n) is 7.32. The van der Waals surface area contributed by atoms with Crippen molar-refractivity contribution in [3.63, 3.8) is 0 Å². The first kappa shape index (κ1) is 29.4. The summed E-state index contributed by atoms with van der Waals surface area (Å²) in [6.07, 6.45) is 2.46. The first-order chi connectivity index (χ1) is 17.9. The molecule has 2 amide bonds. The maximum atomic E-state index is 13.7. The maximum absolute atomic E-state index is 13.7. The summed E-state index contributed by atoms with van der Waals surface area (Å²) in [6, 6.07) is 15.0. The molecule has 0 spiro atoms. The molecule has 37 heavy (non-hydrogen) atoms. The van der Waals surface area contributed by atoms with Crippen molar-refractivity contribution < 1.29 is 9.59 Å². The molecule has 0 aromatic heterocycles. The van der Waals surface area contributed by atoms with Crippen LogP contribution in [0.5, 0.6) is 0 Å². The topological polar surface area (TPSA) is 64.7 Å². The van der Waals surface area contributed by atoms with Crippen molar-refractivity contribution in [1.29, 1.82) is 0 Å². The average molecular weight is 548 g/mol. The zero-order valence-electron chi connectivity index (χ0n) is 22.2. The molecule has 1 saturated heterocycles. The summed E-state index contributed by atoms with van der Waals surface area (Å²) in [5, 5.41) is 7.36. The first-order valence-electron chi connectivity index (χ1n) is 13.4. The molecule has 202 valence electrons. The number of hydrogen-bond acceptors (Lipinski definition) is 4. The van der Waals surface area contributed by atoms with Crippen LogP contribution in [0.4, 0.5) is 0 Å². The van der Waals surface area contributed by atoms with E-state index in [-0.39, 0.29) is 23.9 Å². The Hall–Kier alpha value is -2.12. The summed E-state index contributed by atoms with van der Waals surface area (Å²) >= 11 is 12.1. The van der Waals surface area contributed by atoms with Gasteiger partial charge in [0.2, 0.25) is 5.91 Å². The van der Waals surface area contributed by atoms with Crippen molar-refractivity contribution in [2.45, 2.75) is 58.0 Å². The second kappa shape index (κ2) is 14.7. The van der Waals surface area contributed by atoms with E-state index >= 15 is 0 Å². The fourth-order valence-electron chi connectivity index (χ4n) is 4.90. The minimum absolute atomic E-state index is 0.0147. The Morgan fingerprint density at radius 1 is 1.11 bits per heavy atom. The molecule has 0 saturated carbocycles. The van der Waals surface area contributed by atoms with Crippen LogP contribution >= 0.6 is 23.2 Å². The summed E-state index contributed by atoms with van der Waals surface area (Å²) in [6.45, 7) is 11.0. The molecule has 6 nitrogen and oxygen atoms in total. The SMILES string of the molecule is CC[C@H](CN1CC[C@H](CNC(=O)c2ccc(Cl)c(Cl)c2)N[C@H](CCN(CC)CC)C1=O)c1ccccc1. The van der Waals surface area contributed by atoms with E-state index in [2.05, 4.69) is 60.6 Å². The number of amides is 2. The van der Waals surface area contributed by atoms with Crippen LogP contribution in [0.2, 0.25) is 10.0 Å². The highest BCUT2D eigenvalue weighted by atomic mass is 35.5. The number of halogens is 2. The van der Waals surface area contributed by atoms with Crippen LogP contribution in [0.1, 0.15) is 61.9 Å². The van der Waals surface area contributed by atoms with Gasteiger partial charge < -0.3 is 20.4 Å². The molecule has 8 heteroatoms. The van der Waals surface area contributed by atoms with E-state index in [9.17, 15) is 9.59 Å². The second-order valence-electron chi connectivity index (χ2n) is 9.66. The standard InChI is InChI=1S/C29H40Cl2N4O2/c1-4-21(22-10-8-7-9-11-22)20-35-17-14-24(33-27(29(35)37)15-16-34(5-2)6-3)19-32-28(36)23-12-13-25(30)26(31)18-23/h7-13,18,21,24,27,33H,4-6,14-17,19-20H2,1-3H3,(H,32,36)/t21-,24-,27-/m1/s1. The van der Waals surface area contributed by atoms with Gasteiger partial charge in [-0.05, 0) is 56.1 Å². The third-order valence-corrected chi connectivity index (χ3v) is 8.06. The van der Waals surface area contributed by atoms with Crippen LogP contribution in [0.3, 0.4) is 0 Å². The molecule has 3 rings (SSSR count). The van der Waals surface area contributed by atoms with Gasteiger partial charge in [-0.1, -0.05) is 74.3 Å². The van der Waals surface area contributed by atoms with Crippen molar-refractivity contribution >= 4 is 35.0 Å². The highest BCUT2D eigenvalue weighted by molar-refractivity contribution is 6.42. The predicted octanol–water partition coefficient (Wildman–Crippen LogP) is 5.21. The zero-order valence-corrected chi connectivity index (χ0v) is 23.7. The van der Waals surface area contributed by atoms with Gasteiger partial charge in [-0.2, -0.15) is 0 Å². The molecule has 2 N–H and O–H groups in total. The van der Waals surface area contributed by atoms with Crippen LogP contribution < -0.4 is 10.6 Å². The Kier molecular flexibility index (Phi) is 11.7. The Balaban J connectivity index is 1.70. The molecule has 0 aliphatic carbocycles. The smallest absolute Gasteiger partial charge is 0.251 e. The fourth-order valence-corrected chi connectivity index (χ4v) is 5.20. The van der Waals surface area contributed by atoms with Gasteiger partial charge in [0.25, 0.3) is 5.91 Å². The van der Waals surface area contributed by atoms with Gasteiger partial charge in [0.15, 0.2) is 0 Å². The van der Waals surface area contributed by atoms with Gasteiger partial charge in [0.05, 0.1) is 16.1 Å². The average Bonchev–Trinajstić information content (AvgIpc) is 3.06. The number of hydrogen-bond donors (Lipinski definition) is 2. The third kappa shape index (κ3) is 8.44. The van der Waals surface area contributed by atoms with Crippen LogP contribution in [0.25, 0.3) is 0 Å². The normalized spacial score (nSPS) is 19.1. The summed E-state index contributed by atoms with van der Waals surface area (Å²) in [5.41, 5.74) is 1.73. The molecular formula is C29H40Cl2N4O2. The Morgan fingerprint density at radius 3 is 2.49 bits per heavy atom. The summed E-state index contributed by atoms with van der Waals surface area (Å²) in [7, 11) is 0. The monoisotopic (exact) mass is 546 g/mol. The van der Waals surface area contributed by atoms with E-state index in [0.29, 0.717) is 41.2 Å². The van der Waals surface area contributed by atoms with Crippen LogP contribution in [0, 0.1) is 0 Å². The van der Waals surface area contributed by atoms with Crippen LogP contribution in [-0.4, -0.2) is 73.0 Å². The molecule has 1 aliphatic rings. The van der Waals surface area contributed by atoms with Crippen molar-refractivity contribution in [2.75, 3.05) is 39.3 Å². The Morgan fingerprint density at radius 2 is 1.84 bits per heavy atom. The van der Waals surface area contributed by atoms with Crippen molar-refractivity contribution in [3.05, 3.63) is 69.7 Å². The molecule has 0 bridgehead atoms. The number of carbonyl (C=O) groups is 2. The quantitative estimate of drug-likeness (QED) is 0.383. The number of benzene rings is 2. The lowest BCUT2D eigenvalue weighted by atomic mass is 9.95. The lowest BCUT2D eigenvalue weighted by Crippen LogP contribution is -2.50. The molecule has 0 radical (unpaired) electrons. The number of rotatable bonds is 12. The first-order valence-corrected chi connectivity index (χ1v) is 14.2. The summed E-state index contributed by atoms with van der Waals surface area (Å²) in [5.74, 6) is 0.238. The molecule has 1 fully saturated rings. The number of nitrogens with zero attached hydrogens (tertiary/aromatic N) is 2. The predicted molar refractivity (Wildman–Crippen MR) is 153 cm³/mol. The van der Waals surface area contributed by atoms with E-state index in [1.165, 1.54) is 5.56 Å². The Labute approximate surface area is 231 Å². The van der Waals surface area contributed by atoms with E-state index in [0.717, 1.165) is 38.9 Å².